The van der Waals surface area contributed by atoms with E-state index in [0.717, 1.165) is 38.1 Å². The van der Waals surface area contributed by atoms with Crippen molar-refractivity contribution in [1.29, 1.82) is 5.41 Å². The van der Waals surface area contributed by atoms with Crippen LogP contribution in [0.25, 0.3) is 16.8 Å². The average Bonchev–Trinajstić information content (AvgIpc) is 3.13. The second-order valence-corrected chi connectivity index (χ2v) is 7.08. The van der Waals surface area contributed by atoms with E-state index >= 15 is 0 Å². The summed E-state index contributed by atoms with van der Waals surface area (Å²) in [5, 5.41) is 30.0. The van der Waals surface area contributed by atoms with Gasteiger partial charge in [-0.1, -0.05) is 6.07 Å². The van der Waals surface area contributed by atoms with Gasteiger partial charge in [-0.3, -0.25) is 0 Å². The van der Waals surface area contributed by atoms with Gasteiger partial charge in [0, 0.05) is 36.1 Å². The molecule has 2 saturated heterocycles. The van der Waals surface area contributed by atoms with Gasteiger partial charge < -0.3 is 26.5 Å². The van der Waals surface area contributed by atoms with Gasteiger partial charge in [-0.15, -0.1) is 10.2 Å². The molecule has 2 fully saturated rings. The van der Waals surface area contributed by atoms with Gasteiger partial charge in [-0.05, 0) is 61.7 Å². The first-order valence-electron chi connectivity index (χ1n) is 9.28. The largest absolute Gasteiger partial charge is 0.507 e. The van der Waals surface area contributed by atoms with Crippen LogP contribution in [0.1, 0.15) is 18.4 Å². The summed E-state index contributed by atoms with van der Waals surface area (Å²) in [6, 6.07) is 9.62. The summed E-state index contributed by atoms with van der Waals surface area (Å²) in [7, 11) is 0. The minimum absolute atomic E-state index is 0.0929. The lowest BCUT2D eigenvalue weighted by molar-refractivity contribution is 0.360. The number of anilines is 1. The maximum absolute atomic E-state index is 10.4. The highest BCUT2D eigenvalue weighted by Crippen LogP contribution is 2.34. The van der Waals surface area contributed by atoms with E-state index in [1.54, 1.807) is 12.1 Å². The van der Waals surface area contributed by atoms with Gasteiger partial charge in [-0.25, -0.2) is 0 Å². The highest BCUT2D eigenvalue weighted by Gasteiger charge is 2.36. The molecule has 2 atom stereocenters. The van der Waals surface area contributed by atoms with Crippen molar-refractivity contribution in [3.63, 3.8) is 0 Å². The van der Waals surface area contributed by atoms with Crippen LogP contribution in [-0.4, -0.2) is 47.2 Å². The molecule has 1 aromatic carbocycles. The second kappa shape index (κ2) is 7.36. The van der Waals surface area contributed by atoms with Crippen LogP contribution in [0.4, 0.5) is 5.82 Å². The van der Waals surface area contributed by atoms with Gasteiger partial charge in [-0.2, -0.15) is 0 Å². The number of benzene rings is 1. The highest BCUT2D eigenvalue weighted by molar-refractivity contribution is 6.08. The van der Waals surface area contributed by atoms with Crippen LogP contribution < -0.4 is 16.0 Å². The number of fused-ring (bicyclic) bond motifs is 1. The summed E-state index contributed by atoms with van der Waals surface area (Å²) < 4.78 is 0. The van der Waals surface area contributed by atoms with Gasteiger partial charge in [0.05, 0.1) is 5.69 Å². The fourth-order valence-corrected chi connectivity index (χ4v) is 4.15. The predicted octanol–water partition coefficient (Wildman–Crippen LogP) is 1.99. The first-order chi connectivity index (χ1) is 13.2. The van der Waals surface area contributed by atoms with Gasteiger partial charge >= 0.3 is 0 Å². The summed E-state index contributed by atoms with van der Waals surface area (Å²) in [5.41, 5.74) is 7.98. The molecule has 1 aromatic heterocycles. The van der Waals surface area contributed by atoms with E-state index in [9.17, 15) is 5.11 Å². The molecular formula is C20H24N6O. The predicted molar refractivity (Wildman–Crippen MR) is 107 cm³/mol. The summed E-state index contributed by atoms with van der Waals surface area (Å²) >= 11 is 0. The minimum atomic E-state index is 0.0929. The third-order valence-corrected chi connectivity index (χ3v) is 5.60. The molecule has 7 heteroatoms. The molecule has 2 aliphatic heterocycles. The third kappa shape index (κ3) is 3.26. The van der Waals surface area contributed by atoms with Crippen molar-refractivity contribution in [2.45, 2.75) is 18.9 Å². The summed E-state index contributed by atoms with van der Waals surface area (Å²) in [5.74, 6) is 1.69. The van der Waals surface area contributed by atoms with Crippen LogP contribution >= 0.6 is 0 Å². The molecule has 0 amide bonds. The van der Waals surface area contributed by atoms with Gasteiger partial charge in [0.2, 0.25) is 0 Å². The van der Waals surface area contributed by atoms with E-state index in [4.69, 9.17) is 11.1 Å². The number of nitrogens with one attached hydrogen (secondary N) is 2. The Morgan fingerprint density at radius 3 is 2.85 bits per heavy atom. The van der Waals surface area contributed by atoms with Gasteiger partial charge in [0.25, 0.3) is 0 Å². The quantitative estimate of drug-likeness (QED) is 0.618. The number of phenols is 1. The molecule has 2 unspecified atom stereocenters. The summed E-state index contributed by atoms with van der Waals surface area (Å²) in [6.45, 7) is 3.16. The molecule has 27 heavy (non-hydrogen) atoms. The molecular weight excluding hydrogens is 340 g/mol. The SMILES string of the molecule is N=C/C(=C\N)c1ccc(-c2ccc(N3CCC4CNCCC43)nn2)c(O)c1. The van der Waals surface area contributed by atoms with Crippen molar-refractivity contribution in [1.82, 2.24) is 15.5 Å². The molecule has 5 N–H and O–H groups in total. The van der Waals surface area contributed by atoms with Gasteiger partial charge in [0.15, 0.2) is 5.82 Å². The van der Waals surface area contributed by atoms with Crippen LogP contribution in [0.15, 0.2) is 36.5 Å². The fourth-order valence-electron chi connectivity index (χ4n) is 4.15. The van der Waals surface area contributed by atoms with E-state index in [1.807, 2.05) is 18.2 Å². The molecule has 0 aliphatic carbocycles. The summed E-state index contributed by atoms with van der Waals surface area (Å²) in [4.78, 5) is 2.37. The van der Waals surface area contributed by atoms with Crippen molar-refractivity contribution in [3.05, 3.63) is 42.1 Å². The zero-order valence-corrected chi connectivity index (χ0v) is 15.1. The van der Waals surface area contributed by atoms with Crippen LogP contribution in [-0.2, 0) is 0 Å². The Labute approximate surface area is 158 Å². The molecule has 4 rings (SSSR count). The number of rotatable bonds is 4. The van der Waals surface area contributed by atoms with Crippen molar-refractivity contribution < 1.29 is 5.11 Å². The van der Waals surface area contributed by atoms with Crippen LogP contribution in [0, 0.1) is 11.3 Å². The number of phenolic OH excluding ortho intramolecular Hbond substituents is 1. The number of allylic oxidation sites excluding steroid dienone is 1. The molecule has 0 spiro atoms. The topological polar surface area (TPSA) is 111 Å². The van der Waals surface area contributed by atoms with E-state index < -0.39 is 0 Å². The number of hydrogen-bond acceptors (Lipinski definition) is 7. The van der Waals surface area contributed by atoms with Gasteiger partial charge in [0.1, 0.15) is 5.75 Å². The number of aromatic nitrogens is 2. The van der Waals surface area contributed by atoms with E-state index in [1.165, 1.54) is 12.6 Å². The van der Waals surface area contributed by atoms with Crippen molar-refractivity contribution in [2.75, 3.05) is 24.5 Å². The Hall–Kier alpha value is -2.93. The maximum Gasteiger partial charge on any atom is 0.151 e. The second-order valence-electron chi connectivity index (χ2n) is 7.08. The Bertz CT molecular complexity index is 863. The maximum atomic E-state index is 10.4. The number of piperidine rings is 1. The van der Waals surface area contributed by atoms with Crippen LogP contribution in [0.3, 0.4) is 0 Å². The number of nitrogens with two attached hydrogens (primary N) is 1. The fraction of sp³-hybridized carbons (Fsp3) is 0.350. The Morgan fingerprint density at radius 1 is 1.26 bits per heavy atom. The molecule has 3 heterocycles. The van der Waals surface area contributed by atoms with E-state index in [0.29, 0.717) is 34.4 Å². The smallest absolute Gasteiger partial charge is 0.151 e. The molecule has 0 radical (unpaired) electrons. The lowest BCUT2D eigenvalue weighted by atomic mass is 9.94. The monoisotopic (exact) mass is 364 g/mol. The molecule has 140 valence electrons. The Morgan fingerprint density at radius 2 is 2.15 bits per heavy atom. The van der Waals surface area contributed by atoms with Crippen LogP contribution in [0.5, 0.6) is 5.75 Å². The first-order valence-corrected chi connectivity index (χ1v) is 9.28. The highest BCUT2D eigenvalue weighted by atomic mass is 16.3. The Balaban J connectivity index is 1.57. The first kappa shape index (κ1) is 17.5. The third-order valence-electron chi connectivity index (χ3n) is 5.60. The average molecular weight is 364 g/mol. The van der Waals surface area contributed by atoms with E-state index in [-0.39, 0.29) is 5.75 Å². The van der Waals surface area contributed by atoms with E-state index in [2.05, 4.69) is 20.4 Å². The zero-order chi connectivity index (χ0) is 18.8. The number of nitrogens with zero attached hydrogens (tertiary/aromatic N) is 3. The van der Waals surface area contributed by atoms with Crippen LogP contribution in [0.2, 0.25) is 0 Å². The normalized spacial score (nSPS) is 22.5. The molecule has 0 saturated carbocycles. The standard InChI is InChI=1S/C20H24N6O/c21-10-15(11-22)13-1-2-16(19(27)9-13)17-3-4-20(25-24-17)26-8-6-14-12-23-7-5-18(14)26/h1-4,9-11,14,18,21,23,27H,5-8,12,22H2/b15-11+,21-10?. The molecule has 0 bridgehead atoms. The van der Waals surface area contributed by atoms with Crippen molar-refractivity contribution in [2.24, 2.45) is 11.7 Å². The van der Waals surface area contributed by atoms with Crippen molar-refractivity contribution >= 4 is 17.6 Å². The number of hydrogen-bond donors (Lipinski definition) is 4. The number of aromatic hydroxyl groups is 1. The lowest BCUT2D eigenvalue weighted by Crippen LogP contribution is -2.44. The lowest BCUT2D eigenvalue weighted by Gasteiger charge is -2.32. The molecule has 2 aliphatic rings. The minimum Gasteiger partial charge on any atom is -0.507 e. The molecule has 7 nitrogen and oxygen atoms in total. The zero-order valence-electron chi connectivity index (χ0n) is 15.1. The van der Waals surface area contributed by atoms with Crippen molar-refractivity contribution in [3.8, 4) is 17.0 Å². The Kier molecular flexibility index (Phi) is 4.77. The molecule has 2 aromatic rings. The summed E-state index contributed by atoms with van der Waals surface area (Å²) in [6.07, 6.45) is 4.83.